The molecule has 0 bridgehead atoms. The fraction of sp³-hybridized carbons (Fsp3) is 0.476. The Morgan fingerprint density at radius 1 is 1.07 bits per heavy atom. The van der Waals surface area contributed by atoms with E-state index in [1.807, 2.05) is 11.8 Å². The summed E-state index contributed by atoms with van der Waals surface area (Å²) >= 11 is 12.2. The number of piperidine rings is 1. The van der Waals surface area contributed by atoms with E-state index in [0.717, 1.165) is 48.3 Å². The minimum atomic E-state index is -0.0613. The van der Waals surface area contributed by atoms with Crippen LogP contribution in [0.3, 0.4) is 0 Å². The number of fused-ring (bicyclic) bond motifs is 1. The SMILES string of the molecule is Cc1nc2c(c(N3CCC(C)CC3)n1)CN(C(=O)c1cc(Cl)cc(Cl)c1)CC2. The third-order valence-corrected chi connectivity index (χ3v) is 6.07. The van der Waals surface area contributed by atoms with Gasteiger partial charge < -0.3 is 9.80 Å². The van der Waals surface area contributed by atoms with Gasteiger partial charge in [0.15, 0.2) is 0 Å². The van der Waals surface area contributed by atoms with Crippen LogP contribution in [0.15, 0.2) is 18.2 Å². The standard InChI is InChI=1S/C21H24Cl2N4O/c1-13-3-6-26(7-4-13)20-18-12-27(8-5-19(18)24-14(2)25-20)21(28)15-9-16(22)11-17(23)10-15/h9-11,13H,3-8,12H2,1-2H3. The summed E-state index contributed by atoms with van der Waals surface area (Å²) < 4.78 is 0. The van der Waals surface area contributed by atoms with Crippen LogP contribution < -0.4 is 4.90 Å². The second-order valence-electron chi connectivity index (χ2n) is 7.82. The van der Waals surface area contributed by atoms with E-state index in [1.54, 1.807) is 18.2 Å². The van der Waals surface area contributed by atoms with Crippen molar-refractivity contribution in [1.82, 2.24) is 14.9 Å². The monoisotopic (exact) mass is 418 g/mol. The second kappa shape index (κ2) is 7.88. The number of halogens is 2. The molecule has 1 aromatic heterocycles. The number of carbonyl (C=O) groups excluding carboxylic acids is 1. The van der Waals surface area contributed by atoms with Gasteiger partial charge in [0.05, 0.1) is 12.2 Å². The summed E-state index contributed by atoms with van der Waals surface area (Å²) in [6.45, 7) is 7.39. The number of rotatable bonds is 2. The Morgan fingerprint density at radius 2 is 1.75 bits per heavy atom. The number of anilines is 1. The van der Waals surface area contributed by atoms with Crippen molar-refractivity contribution in [2.24, 2.45) is 5.92 Å². The van der Waals surface area contributed by atoms with Crippen molar-refractivity contribution < 1.29 is 4.79 Å². The van der Waals surface area contributed by atoms with Crippen LogP contribution in [-0.2, 0) is 13.0 Å². The Balaban J connectivity index is 1.63. The quantitative estimate of drug-likeness (QED) is 0.718. The lowest BCUT2D eigenvalue weighted by atomic mass is 9.98. The molecule has 3 heterocycles. The van der Waals surface area contributed by atoms with Crippen molar-refractivity contribution in [3.8, 4) is 0 Å². The van der Waals surface area contributed by atoms with Gasteiger partial charge in [0.25, 0.3) is 5.91 Å². The Bertz CT molecular complexity index is 889. The summed E-state index contributed by atoms with van der Waals surface area (Å²) in [5.74, 6) is 2.49. The molecule has 2 aliphatic rings. The van der Waals surface area contributed by atoms with Gasteiger partial charge in [0, 0.05) is 47.2 Å². The topological polar surface area (TPSA) is 49.3 Å². The first-order valence-electron chi connectivity index (χ1n) is 9.77. The molecule has 5 nitrogen and oxygen atoms in total. The molecule has 0 saturated carbocycles. The number of hydrogen-bond donors (Lipinski definition) is 0. The zero-order valence-corrected chi connectivity index (χ0v) is 17.7. The second-order valence-corrected chi connectivity index (χ2v) is 8.70. The average Bonchev–Trinajstić information content (AvgIpc) is 2.66. The highest BCUT2D eigenvalue weighted by Gasteiger charge is 2.29. The molecule has 0 radical (unpaired) electrons. The number of nitrogens with zero attached hydrogens (tertiary/aromatic N) is 4. The number of amides is 1. The smallest absolute Gasteiger partial charge is 0.254 e. The van der Waals surface area contributed by atoms with Crippen molar-refractivity contribution in [2.45, 2.75) is 39.7 Å². The Hall–Kier alpha value is -1.85. The summed E-state index contributed by atoms with van der Waals surface area (Å²) in [5, 5.41) is 0.936. The largest absolute Gasteiger partial charge is 0.356 e. The molecule has 0 spiro atoms. The van der Waals surface area contributed by atoms with Gasteiger partial charge in [-0.2, -0.15) is 0 Å². The number of carbonyl (C=O) groups is 1. The molecule has 1 amide bonds. The van der Waals surface area contributed by atoms with Crippen LogP contribution in [-0.4, -0.2) is 40.4 Å². The van der Waals surface area contributed by atoms with Crippen LogP contribution in [0.1, 0.15) is 47.2 Å². The van der Waals surface area contributed by atoms with Gasteiger partial charge in [-0.1, -0.05) is 30.1 Å². The van der Waals surface area contributed by atoms with Gasteiger partial charge in [-0.05, 0) is 43.9 Å². The van der Waals surface area contributed by atoms with Crippen LogP contribution in [0.5, 0.6) is 0 Å². The summed E-state index contributed by atoms with van der Waals surface area (Å²) in [7, 11) is 0. The van der Waals surface area contributed by atoms with Crippen molar-refractivity contribution in [2.75, 3.05) is 24.5 Å². The highest BCUT2D eigenvalue weighted by atomic mass is 35.5. The Labute approximate surface area is 175 Å². The molecule has 4 rings (SSSR count). The van der Waals surface area contributed by atoms with Crippen molar-refractivity contribution >= 4 is 34.9 Å². The van der Waals surface area contributed by atoms with Crippen molar-refractivity contribution in [3.05, 3.63) is 50.9 Å². The molecule has 1 saturated heterocycles. The summed E-state index contributed by atoms with van der Waals surface area (Å²) in [6.07, 6.45) is 3.07. The van der Waals surface area contributed by atoms with Gasteiger partial charge in [-0.25, -0.2) is 9.97 Å². The first-order valence-corrected chi connectivity index (χ1v) is 10.5. The van der Waals surface area contributed by atoms with E-state index >= 15 is 0 Å². The molecule has 28 heavy (non-hydrogen) atoms. The Morgan fingerprint density at radius 3 is 2.43 bits per heavy atom. The van der Waals surface area contributed by atoms with Crippen molar-refractivity contribution in [1.29, 1.82) is 0 Å². The van der Waals surface area contributed by atoms with Crippen LogP contribution in [0, 0.1) is 12.8 Å². The van der Waals surface area contributed by atoms with E-state index in [1.165, 1.54) is 12.8 Å². The van der Waals surface area contributed by atoms with Gasteiger partial charge in [0.1, 0.15) is 11.6 Å². The van der Waals surface area contributed by atoms with E-state index in [9.17, 15) is 4.79 Å². The lowest BCUT2D eigenvalue weighted by Gasteiger charge is -2.36. The first kappa shape index (κ1) is 19.5. The van der Waals surface area contributed by atoms with Gasteiger partial charge >= 0.3 is 0 Å². The molecule has 0 unspecified atom stereocenters. The summed E-state index contributed by atoms with van der Waals surface area (Å²) in [5.41, 5.74) is 2.66. The zero-order chi connectivity index (χ0) is 19.8. The van der Waals surface area contributed by atoms with Crippen LogP contribution in [0.25, 0.3) is 0 Å². The molecule has 0 N–H and O–H groups in total. The Kier molecular flexibility index (Phi) is 5.48. The van der Waals surface area contributed by atoms with Gasteiger partial charge in [-0.3, -0.25) is 4.79 Å². The number of aromatic nitrogens is 2. The maximum Gasteiger partial charge on any atom is 0.254 e. The maximum absolute atomic E-state index is 13.1. The minimum Gasteiger partial charge on any atom is -0.356 e. The minimum absolute atomic E-state index is 0.0613. The summed E-state index contributed by atoms with van der Waals surface area (Å²) in [4.78, 5) is 26.7. The number of benzene rings is 1. The maximum atomic E-state index is 13.1. The predicted octanol–water partition coefficient (Wildman–Crippen LogP) is 4.53. The molecule has 2 aromatic rings. The van der Waals surface area contributed by atoms with Gasteiger partial charge in [-0.15, -0.1) is 0 Å². The van der Waals surface area contributed by atoms with Gasteiger partial charge in [0.2, 0.25) is 0 Å². The molecule has 7 heteroatoms. The molecule has 1 aromatic carbocycles. The van der Waals surface area contributed by atoms with E-state index in [-0.39, 0.29) is 5.91 Å². The third kappa shape index (κ3) is 3.96. The van der Waals surface area contributed by atoms with Crippen LogP contribution in [0.4, 0.5) is 5.82 Å². The van der Waals surface area contributed by atoms with E-state index in [4.69, 9.17) is 28.2 Å². The molecular weight excluding hydrogens is 395 g/mol. The predicted molar refractivity (Wildman–Crippen MR) is 112 cm³/mol. The van der Waals surface area contributed by atoms with E-state index in [2.05, 4.69) is 16.8 Å². The molecule has 0 atom stereocenters. The lowest BCUT2D eigenvalue weighted by Crippen LogP contribution is -2.40. The fourth-order valence-electron chi connectivity index (χ4n) is 4.03. The van der Waals surface area contributed by atoms with E-state index < -0.39 is 0 Å². The summed E-state index contributed by atoms with van der Waals surface area (Å²) in [6, 6.07) is 4.98. The molecule has 0 aliphatic carbocycles. The molecular formula is C21H24Cl2N4O. The third-order valence-electron chi connectivity index (χ3n) is 5.63. The zero-order valence-electron chi connectivity index (χ0n) is 16.2. The lowest BCUT2D eigenvalue weighted by molar-refractivity contribution is 0.0733. The molecule has 2 aliphatic heterocycles. The molecule has 1 fully saturated rings. The average molecular weight is 419 g/mol. The molecule has 148 valence electrons. The fourth-order valence-corrected chi connectivity index (χ4v) is 4.56. The van der Waals surface area contributed by atoms with E-state index in [0.29, 0.717) is 28.7 Å². The normalized spacial score (nSPS) is 17.6. The highest BCUT2D eigenvalue weighted by Crippen LogP contribution is 2.31. The van der Waals surface area contributed by atoms with Crippen LogP contribution in [0.2, 0.25) is 10.0 Å². The van der Waals surface area contributed by atoms with Crippen molar-refractivity contribution in [3.63, 3.8) is 0 Å². The number of hydrogen-bond acceptors (Lipinski definition) is 4. The highest BCUT2D eigenvalue weighted by molar-refractivity contribution is 6.35. The first-order chi connectivity index (χ1) is 13.4. The number of aryl methyl sites for hydroxylation is 1. The van der Waals surface area contributed by atoms with Crippen LogP contribution >= 0.6 is 23.2 Å².